The number of rotatable bonds is 4. The van der Waals surface area contributed by atoms with Crippen LogP contribution in [-0.4, -0.2) is 53.2 Å². The van der Waals surface area contributed by atoms with E-state index in [1.165, 1.54) is 29.5 Å². The molecule has 5 heteroatoms. The van der Waals surface area contributed by atoms with Gasteiger partial charge in [0.05, 0.1) is 12.6 Å². The maximum atomic E-state index is 13.0. The van der Waals surface area contributed by atoms with Gasteiger partial charge in [-0.15, -0.1) is 0 Å². The second kappa shape index (κ2) is 8.76. The molecule has 0 aromatic heterocycles. The minimum atomic E-state index is -0.183. The number of fused-ring (bicyclic) bond motifs is 1. The second-order valence-electron chi connectivity index (χ2n) is 7.83. The molecule has 2 aromatic rings. The molecule has 2 aliphatic rings. The van der Waals surface area contributed by atoms with Gasteiger partial charge in [0.1, 0.15) is 0 Å². The number of aliphatic hydroxyl groups is 1. The predicted octanol–water partition coefficient (Wildman–Crippen LogP) is 3.28. The Morgan fingerprint density at radius 3 is 2.68 bits per heavy atom. The van der Waals surface area contributed by atoms with Gasteiger partial charge >= 0.3 is 6.03 Å². The minimum absolute atomic E-state index is 0.0222. The highest BCUT2D eigenvalue weighted by molar-refractivity contribution is 5.90. The van der Waals surface area contributed by atoms with Crippen LogP contribution in [0.3, 0.4) is 0 Å². The van der Waals surface area contributed by atoms with Crippen LogP contribution in [0.25, 0.3) is 0 Å². The van der Waals surface area contributed by atoms with E-state index in [0.29, 0.717) is 13.1 Å². The van der Waals surface area contributed by atoms with E-state index in [1.807, 2.05) is 30.3 Å². The predicted molar refractivity (Wildman–Crippen MR) is 111 cm³/mol. The lowest BCUT2D eigenvalue weighted by molar-refractivity contribution is 0.0623. The number of piperazine rings is 1. The van der Waals surface area contributed by atoms with Crippen LogP contribution in [0, 0.1) is 0 Å². The van der Waals surface area contributed by atoms with Crippen LogP contribution in [0.15, 0.2) is 48.5 Å². The van der Waals surface area contributed by atoms with Gasteiger partial charge in [0.15, 0.2) is 0 Å². The number of carbonyl (C=O) groups is 1. The third-order valence-electron chi connectivity index (χ3n) is 5.92. The molecule has 148 valence electrons. The van der Waals surface area contributed by atoms with Crippen molar-refractivity contribution in [3.63, 3.8) is 0 Å². The summed E-state index contributed by atoms with van der Waals surface area (Å²) in [4.78, 5) is 17.1. The zero-order chi connectivity index (χ0) is 19.3. The van der Waals surface area contributed by atoms with E-state index < -0.39 is 0 Å². The first-order chi connectivity index (χ1) is 13.7. The lowest BCUT2D eigenvalue weighted by Crippen LogP contribution is -2.57. The average Bonchev–Trinajstić information content (AvgIpc) is 2.74. The summed E-state index contributed by atoms with van der Waals surface area (Å²) in [5, 5.41) is 13.0. The Bertz CT molecular complexity index is 809. The fourth-order valence-corrected chi connectivity index (χ4v) is 4.41. The van der Waals surface area contributed by atoms with Crippen molar-refractivity contribution in [2.24, 2.45) is 0 Å². The smallest absolute Gasteiger partial charge is 0.322 e. The number of urea groups is 1. The van der Waals surface area contributed by atoms with Crippen molar-refractivity contribution in [2.75, 3.05) is 31.6 Å². The van der Waals surface area contributed by atoms with Gasteiger partial charge in [0.25, 0.3) is 0 Å². The van der Waals surface area contributed by atoms with Gasteiger partial charge in [0.2, 0.25) is 0 Å². The molecule has 0 radical (unpaired) electrons. The second-order valence-corrected chi connectivity index (χ2v) is 7.83. The summed E-state index contributed by atoms with van der Waals surface area (Å²) in [5.74, 6) is 0. The van der Waals surface area contributed by atoms with Crippen molar-refractivity contribution < 1.29 is 9.90 Å². The number of aliphatic hydroxyl groups excluding tert-OH is 1. The number of nitrogens with one attached hydrogen (secondary N) is 1. The Balaban J connectivity index is 1.41. The Kier molecular flexibility index (Phi) is 5.93. The third kappa shape index (κ3) is 4.21. The van der Waals surface area contributed by atoms with Crippen LogP contribution < -0.4 is 5.32 Å². The van der Waals surface area contributed by atoms with Crippen molar-refractivity contribution in [3.05, 3.63) is 65.2 Å². The van der Waals surface area contributed by atoms with Gasteiger partial charge in [-0.25, -0.2) is 4.79 Å². The summed E-state index contributed by atoms with van der Waals surface area (Å²) >= 11 is 0. The van der Waals surface area contributed by atoms with Crippen LogP contribution in [-0.2, 0) is 19.4 Å². The molecule has 0 spiro atoms. The Hall–Kier alpha value is -2.37. The summed E-state index contributed by atoms with van der Waals surface area (Å²) in [5.41, 5.74) is 4.83. The first kappa shape index (κ1) is 19.0. The van der Waals surface area contributed by atoms with Gasteiger partial charge in [-0.2, -0.15) is 0 Å². The Labute approximate surface area is 167 Å². The normalized spacial score (nSPS) is 19.9. The molecule has 1 fully saturated rings. The zero-order valence-electron chi connectivity index (χ0n) is 16.3. The van der Waals surface area contributed by atoms with E-state index in [4.69, 9.17) is 0 Å². The Morgan fingerprint density at radius 1 is 1.04 bits per heavy atom. The molecule has 0 unspecified atom stereocenters. The maximum absolute atomic E-state index is 13.0. The monoisotopic (exact) mass is 379 g/mol. The molecule has 1 aliphatic carbocycles. The fraction of sp³-hybridized carbons (Fsp3) is 0.435. The lowest BCUT2D eigenvalue weighted by atomic mass is 9.90. The average molecular weight is 380 g/mol. The van der Waals surface area contributed by atoms with Crippen LogP contribution in [0.2, 0.25) is 0 Å². The van der Waals surface area contributed by atoms with Crippen molar-refractivity contribution >= 4 is 11.7 Å². The summed E-state index contributed by atoms with van der Waals surface area (Å²) in [6.07, 6.45) is 4.52. The van der Waals surface area contributed by atoms with Crippen LogP contribution in [0.1, 0.15) is 29.5 Å². The SMILES string of the molecule is O=C(Nc1cccc2c1CCCC2)N1CCN(Cc2ccccc2)C[C@H]1CO. The topological polar surface area (TPSA) is 55.8 Å². The molecule has 0 saturated carbocycles. The molecule has 2 N–H and O–H groups in total. The molecule has 2 aromatic carbocycles. The Morgan fingerprint density at radius 2 is 1.86 bits per heavy atom. The first-order valence-electron chi connectivity index (χ1n) is 10.3. The van der Waals surface area contributed by atoms with Crippen LogP contribution in [0.5, 0.6) is 0 Å². The molecule has 1 saturated heterocycles. The molecular weight excluding hydrogens is 350 g/mol. The highest BCUT2D eigenvalue weighted by atomic mass is 16.3. The zero-order valence-corrected chi connectivity index (χ0v) is 16.3. The summed E-state index contributed by atoms with van der Waals surface area (Å²) in [6.45, 7) is 2.95. The van der Waals surface area contributed by atoms with Crippen LogP contribution in [0.4, 0.5) is 10.5 Å². The third-order valence-corrected chi connectivity index (χ3v) is 5.92. The summed E-state index contributed by atoms with van der Waals surface area (Å²) in [6, 6.07) is 16.3. The number of hydrogen-bond acceptors (Lipinski definition) is 3. The molecule has 2 amide bonds. The van der Waals surface area contributed by atoms with Gasteiger partial charge < -0.3 is 15.3 Å². The van der Waals surface area contributed by atoms with E-state index in [-0.39, 0.29) is 18.7 Å². The van der Waals surface area contributed by atoms with E-state index in [1.54, 1.807) is 4.90 Å². The number of amides is 2. The molecule has 28 heavy (non-hydrogen) atoms. The number of aryl methyl sites for hydroxylation is 1. The van der Waals surface area contributed by atoms with Gasteiger partial charge in [-0.1, -0.05) is 42.5 Å². The van der Waals surface area contributed by atoms with Crippen LogP contribution >= 0.6 is 0 Å². The standard InChI is InChI=1S/C23H29N3O2/c27-17-20-16-25(15-18-7-2-1-3-8-18)13-14-26(20)23(28)24-22-12-6-10-19-9-4-5-11-21(19)22/h1-3,6-8,10,12,20,27H,4-5,9,11,13-17H2,(H,24,28)/t20-/m0/s1. The molecule has 1 aliphatic heterocycles. The summed E-state index contributed by atoms with van der Waals surface area (Å²) in [7, 11) is 0. The number of carbonyl (C=O) groups excluding carboxylic acids is 1. The molecule has 4 rings (SSSR count). The van der Waals surface area contributed by atoms with E-state index in [0.717, 1.165) is 31.6 Å². The maximum Gasteiger partial charge on any atom is 0.322 e. The van der Waals surface area contributed by atoms with Crippen molar-refractivity contribution in [1.82, 2.24) is 9.80 Å². The fourth-order valence-electron chi connectivity index (χ4n) is 4.41. The largest absolute Gasteiger partial charge is 0.394 e. The number of hydrogen-bond donors (Lipinski definition) is 2. The van der Waals surface area contributed by atoms with E-state index >= 15 is 0 Å². The van der Waals surface area contributed by atoms with Crippen molar-refractivity contribution in [1.29, 1.82) is 0 Å². The van der Waals surface area contributed by atoms with Crippen molar-refractivity contribution in [2.45, 2.75) is 38.3 Å². The van der Waals surface area contributed by atoms with Gasteiger partial charge in [-0.05, 0) is 48.4 Å². The van der Waals surface area contributed by atoms with E-state index in [2.05, 4.69) is 28.4 Å². The highest BCUT2D eigenvalue weighted by Crippen LogP contribution is 2.28. The number of anilines is 1. The molecule has 0 bridgehead atoms. The highest BCUT2D eigenvalue weighted by Gasteiger charge is 2.30. The van der Waals surface area contributed by atoms with Crippen molar-refractivity contribution in [3.8, 4) is 0 Å². The molecular formula is C23H29N3O2. The lowest BCUT2D eigenvalue weighted by Gasteiger charge is -2.40. The van der Waals surface area contributed by atoms with Gasteiger partial charge in [0, 0.05) is 31.9 Å². The first-order valence-corrected chi connectivity index (χ1v) is 10.3. The van der Waals surface area contributed by atoms with Gasteiger partial charge in [-0.3, -0.25) is 4.90 Å². The quantitative estimate of drug-likeness (QED) is 0.857. The van der Waals surface area contributed by atoms with E-state index in [9.17, 15) is 9.90 Å². The molecule has 1 atom stereocenters. The molecule has 5 nitrogen and oxygen atoms in total. The number of benzene rings is 2. The molecule has 1 heterocycles. The number of nitrogens with zero attached hydrogens (tertiary/aromatic N) is 2. The summed E-state index contributed by atoms with van der Waals surface area (Å²) < 4.78 is 0. The minimum Gasteiger partial charge on any atom is -0.394 e.